The third-order valence-corrected chi connectivity index (χ3v) is 6.74. The SMILES string of the molecule is O=[S@]1CCc2nc(N3CCC(c4ncc(Cl)cn4)CC3)n3ccnc3c21. The number of hydrogen-bond donors (Lipinski definition) is 0. The van der Waals surface area contributed by atoms with Gasteiger partial charge in [-0.3, -0.25) is 8.61 Å². The molecule has 1 atom stereocenters. The summed E-state index contributed by atoms with van der Waals surface area (Å²) in [5.41, 5.74) is 1.71. The zero-order valence-corrected chi connectivity index (χ0v) is 15.6. The summed E-state index contributed by atoms with van der Waals surface area (Å²) >= 11 is 5.88. The molecule has 0 saturated carbocycles. The second-order valence-electron chi connectivity index (χ2n) is 6.63. The van der Waals surface area contributed by atoms with Crippen LogP contribution in [0.4, 0.5) is 5.95 Å². The summed E-state index contributed by atoms with van der Waals surface area (Å²) in [4.78, 5) is 21.1. The van der Waals surface area contributed by atoms with Crippen LogP contribution < -0.4 is 4.90 Å². The topological polar surface area (TPSA) is 76.3 Å². The van der Waals surface area contributed by atoms with E-state index in [0.29, 0.717) is 16.7 Å². The number of hydrogen-bond acceptors (Lipinski definition) is 6. The van der Waals surface area contributed by atoms with Crippen molar-refractivity contribution in [2.45, 2.75) is 30.1 Å². The van der Waals surface area contributed by atoms with E-state index in [1.54, 1.807) is 18.6 Å². The van der Waals surface area contributed by atoms with Crippen LogP contribution in [-0.4, -0.2) is 47.4 Å². The second-order valence-corrected chi connectivity index (χ2v) is 8.57. The molecule has 3 aromatic heterocycles. The number of imidazole rings is 1. The lowest BCUT2D eigenvalue weighted by molar-refractivity contribution is 0.479. The van der Waals surface area contributed by atoms with Gasteiger partial charge in [0.2, 0.25) is 5.95 Å². The van der Waals surface area contributed by atoms with Gasteiger partial charge in [0.25, 0.3) is 0 Å². The smallest absolute Gasteiger partial charge is 0.211 e. The van der Waals surface area contributed by atoms with Gasteiger partial charge in [0, 0.05) is 56.0 Å². The number of aromatic nitrogens is 5. The summed E-state index contributed by atoms with van der Waals surface area (Å²) in [5.74, 6) is 2.73. The summed E-state index contributed by atoms with van der Waals surface area (Å²) < 4.78 is 14.2. The Bertz CT molecular complexity index is 996. The van der Waals surface area contributed by atoms with E-state index in [0.717, 1.165) is 60.4 Å². The van der Waals surface area contributed by atoms with Gasteiger partial charge in [-0.15, -0.1) is 0 Å². The molecule has 1 saturated heterocycles. The van der Waals surface area contributed by atoms with Gasteiger partial charge in [0.15, 0.2) is 5.65 Å². The minimum atomic E-state index is -0.988. The first-order chi connectivity index (χ1) is 12.7. The lowest BCUT2D eigenvalue weighted by atomic mass is 9.96. The first-order valence-corrected chi connectivity index (χ1v) is 10.4. The molecule has 0 amide bonds. The van der Waals surface area contributed by atoms with E-state index in [1.165, 1.54) is 0 Å². The van der Waals surface area contributed by atoms with Gasteiger partial charge in [0.05, 0.1) is 21.5 Å². The maximum Gasteiger partial charge on any atom is 0.211 e. The van der Waals surface area contributed by atoms with Crippen LogP contribution in [0.2, 0.25) is 5.02 Å². The molecule has 0 unspecified atom stereocenters. The highest BCUT2D eigenvalue weighted by Crippen LogP contribution is 2.32. The Morgan fingerprint density at radius 2 is 1.92 bits per heavy atom. The molecule has 5 rings (SSSR count). The molecule has 0 aliphatic carbocycles. The van der Waals surface area contributed by atoms with E-state index >= 15 is 0 Å². The van der Waals surface area contributed by atoms with Crippen molar-refractivity contribution in [3.8, 4) is 0 Å². The van der Waals surface area contributed by atoms with Gasteiger partial charge < -0.3 is 4.90 Å². The van der Waals surface area contributed by atoms with Crippen molar-refractivity contribution in [3.63, 3.8) is 0 Å². The fourth-order valence-electron chi connectivity index (χ4n) is 3.78. The third-order valence-electron chi connectivity index (χ3n) is 5.09. The normalized spacial score (nSPS) is 20.7. The molecule has 0 radical (unpaired) electrons. The lowest BCUT2D eigenvalue weighted by Crippen LogP contribution is -2.35. The summed E-state index contributed by atoms with van der Waals surface area (Å²) in [7, 11) is -0.988. The van der Waals surface area contributed by atoms with E-state index < -0.39 is 10.8 Å². The predicted octanol–water partition coefficient (Wildman–Crippen LogP) is 2.22. The van der Waals surface area contributed by atoms with Gasteiger partial charge in [-0.25, -0.2) is 19.9 Å². The van der Waals surface area contributed by atoms with E-state index in [9.17, 15) is 4.21 Å². The molecule has 26 heavy (non-hydrogen) atoms. The van der Waals surface area contributed by atoms with Crippen LogP contribution in [0.3, 0.4) is 0 Å². The summed E-state index contributed by atoms with van der Waals surface area (Å²) in [6, 6.07) is 0. The van der Waals surface area contributed by atoms with Gasteiger partial charge in [-0.1, -0.05) is 11.6 Å². The van der Waals surface area contributed by atoms with E-state index in [-0.39, 0.29) is 0 Å². The van der Waals surface area contributed by atoms with E-state index in [4.69, 9.17) is 16.6 Å². The van der Waals surface area contributed by atoms with Crippen LogP contribution in [-0.2, 0) is 17.2 Å². The molecule has 0 spiro atoms. The lowest BCUT2D eigenvalue weighted by Gasteiger charge is -2.32. The molecule has 7 nitrogen and oxygen atoms in total. The van der Waals surface area contributed by atoms with Crippen molar-refractivity contribution in [1.82, 2.24) is 24.3 Å². The minimum Gasteiger partial charge on any atom is -0.342 e. The van der Waals surface area contributed by atoms with Crippen LogP contribution in [0.15, 0.2) is 29.7 Å². The molecule has 1 fully saturated rings. The Hall–Kier alpha value is -2.06. The number of anilines is 1. The summed E-state index contributed by atoms with van der Waals surface area (Å²) in [6.45, 7) is 1.75. The molecule has 2 aliphatic rings. The third kappa shape index (κ3) is 2.59. The maximum absolute atomic E-state index is 12.3. The number of rotatable bonds is 2. The monoisotopic (exact) mass is 388 g/mol. The Labute approximate surface area is 157 Å². The van der Waals surface area contributed by atoms with Crippen molar-refractivity contribution < 1.29 is 4.21 Å². The largest absolute Gasteiger partial charge is 0.342 e. The Morgan fingerprint density at radius 3 is 2.69 bits per heavy atom. The Balaban J connectivity index is 1.43. The minimum absolute atomic E-state index is 0.337. The summed E-state index contributed by atoms with van der Waals surface area (Å²) in [5, 5.41) is 0.563. The molecular weight excluding hydrogens is 372 g/mol. The molecule has 9 heteroatoms. The number of piperidine rings is 1. The van der Waals surface area contributed by atoms with Gasteiger partial charge in [0.1, 0.15) is 10.7 Å². The molecule has 5 heterocycles. The fourth-order valence-corrected chi connectivity index (χ4v) is 5.22. The molecule has 0 aromatic carbocycles. The maximum atomic E-state index is 12.3. The van der Waals surface area contributed by atoms with Crippen LogP contribution in [0.1, 0.15) is 30.3 Å². The zero-order chi connectivity index (χ0) is 17.7. The van der Waals surface area contributed by atoms with Crippen molar-refractivity contribution in [2.24, 2.45) is 0 Å². The van der Waals surface area contributed by atoms with Crippen molar-refractivity contribution >= 4 is 34.0 Å². The number of nitrogens with zero attached hydrogens (tertiary/aromatic N) is 6. The molecule has 0 bridgehead atoms. The van der Waals surface area contributed by atoms with Crippen molar-refractivity contribution in [1.29, 1.82) is 0 Å². The van der Waals surface area contributed by atoms with Gasteiger partial charge in [-0.05, 0) is 12.8 Å². The Kier molecular flexibility index (Phi) is 3.90. The second kappa shape index (κ2) is 6.28. The van der Waals surface area contributed by atoms with E-state index in [2.05, 4.69) is 19.9 Å². The number of fused-ring (bicyclic) bond motifs is 3. The van der Waals surface area contributed by atoms with Crippen LogP contribution in [0, 0.1) is 0 Å². The van der Waals surface area contributed by atoms with E-state index in [1.807, 2.05) is 10.6 Å². The molecule has 2 aliphatic heterocycles. The van der Waals surface area contributed by atoms with Gasteiger partial charge in [-0.2, -0.15) is 0 Å². The van der Waals surface area contributed by atoms with Crippen LogP contribution in [0.25, 0.3) is 5.65 Å². The van der Waals surface area contributed by atoms with Gasteiger partial charge >= 0.3 is 0 Å². The first-order valence-electron chi connectivity index (χ1n) is 8.67. The highest BCUT2D eigenvalue weighted by Gasteiger charge is 2.29. The van der Waals surface area contributed by atoms with Crippen LogP contribution >= 0.6 is 11.6 Å². The molecule has 134 valence electrons. The molecule has 0 N–H and O–H groups in total. The first kappa shape index (κ1) is 16.1. The number of halogens is 1. The fraction of sp³-hybridized carbons (Fsp3) is 0.412. The van der Waals surface area contributed by atoms with Crippen LogP contribution in [0.5, 0.6) is 0 Å². The average Bonchev–Trinajstić information content (AvgIpc) is 3.28. The standard InChI is InChI=1S/C17H17ClN6OS/c18-12-9-20-15(21-10-12)11-1-5-23(6-2-11)17-22-13-3-8-26(25)14(13)16-19-4-7-24(16)17/h4,7,9-11H,1-3,5-6,8H2/t26-/m0/s1. The zero-order valence-electron chi connectivity index (χ0n) is 14.0. The summed E-state index contributed by atoms with van der Waals surface area (Å²) in [6.07, 6.45) is 9.66. The predicted molar refractivity (Wildman–Crippen MR) is 99.2 cm³/mol. The Morgan fingerprint density at radius 1 is 1.15 bits per heavy atom. The van der Waals surface area contributed by atoms with Crippen molar-refractivity contribution in [3.05, 3.63) is 41.3 Å². The quantitative estimate of drug-likeness (QED) is 0.670. The molecule has 3 aromatic rings. The van der Waals surface area contributed by atoms with Crippen molar-refractivity contribution in [2.75, 3.05) is 23.7 Å². The number of aryl methyl sites for hydroxylation is 1. The highest BCUT2D eigenvalue weighted by molar-refractivity contribution is 7.85. The molecular formula is C17H17ClN6OS. The average molecular weight is 389 g/mol. The highest BCUT2D eigenvalue weighted by atomic mass is 35.5.